The van der Waals surface area contributed by atoms with Crippen LogP contribution >= 0.6 is 0 Å². The normalized spacial score (nSPS) is 31.1. The molecule has 6 unspecified atom stereocenters. The fraction of sp³-hybridized carbons (Fsp3) is 0.484. The predicted molar refractivity (Wildman–Crippen MR) is 142 cm³/mol. The molecule has 6 nitrogen and oxygen atoms in total. The molecule has 3 fully saturated rings. The van der Waals surface area contributed by atoms with Gasteiger partial charge in [-0.3, -0.25) is 4.79 Å². The van der Waals surface area contributed by atoms with Gasteiger partial charge in [0, 0.05) is 29.8 Å². The van der Waals surface area contributed by atoms with Gasteiger partial charge in [0.15, 0.2) is 0 Å². The molecule has 37 heavy (non-hydrogen) atoms. The smallest absolute Gasteiger partial charge is 0.210 e. The summed E-state index contributed by atoms with van der Waals surface area (Å²) in [5.74, 6) is 3.16. The van der Waals surface area contributed by atoms with E-state index in [1.54, 1.807) is 0 Å². The van der Waals surface area contributed by atoms with Crippen molar-refractivity contribution < 1.29 is 9.90 Å². The van der Waals surface area contributed by atoms with Gasteiger partial charge in [-0.2, -0.15) is 0 Å². The maximum absolute atomic E-state index is 11.6. The van der Waals surface area contributed by atoms with Crippen LogP contribution in [0.15, 0.2) is 30.5 Å². The third-order valence-electron chi connectivity index (χ3n) is 10.1. The van der Waals surface area contributed by atoms with Crippen LogP contribution in [0.2, 0.25) is 0 Å². The summed E-state index contributed by atoms with van der Waals surface area (Å²) >= 11 is 0. The number of imidazole rings is 1. The highest BCUT2D eigenvalue weighted by Crippen LogP contribution is 2.60. The molecule has 3 N–H and O–H groups in total. The van der Waals surface area contributed by atoms with Gasteiger partial charge in [-0.05, 0) is 96.6 Å². The number of aromatic amines is 1. The monoisotopic (exact) mass is 494 g/mol. The Morgan fingerprint density at radius 2 is 1.62 bits per heavy atom. The number of rotatable bonds is 4. The predicted octanol–water partition coefficient (Wildman–Crippen LogP) is 6.22. The molecule has 8 rings (SSSR count). The molecule has 1 aromatic heterocycles. The van der Waals surface area contributed by atoms with Crippen LogP contribution < -0.4 is 5.32 Å². The van der Waals surface area contributed by atoms with Gasteiger partial charge in [0.25, 0.3) is 0 Å². The molecule has 4 bridgehead atoms. The zero-order chi connectivity index (χ0) is 24.8. The van der Waals surface area contributed by atoms with E-state index in [1.807, 2.05) is 17.2 Å². The number of amides is 1. The van der Waals surface area contributed by atoms with Gasteiger partial charge in [-0.15, -0.1) is 0 Å². The Kier molecular flexibility index (Phi) is 4.70. The van der Waals surface area contributed by atoms with E-state index in [9.17, 15) is 9.90 Å². The van der Waals surface area contributed by atoms with E-state index in [-0.39, 0.29) is 6.04 Å². The number of aromatic nitrogens is 2. The third-order valence-corrected chi connectivity index (χ3v) is 10.1. The van der Waals surface area contributed by atoms with Gasteiger partial charge < -0.3 is 20.3 Å². The second kappa shape index (κ2) is 7.94. The van der Waals surface area contributed by atoms with Crippen LogP contribution in [0.25, 0.3) is 22.4 Å². The number of H-pyrrole nitrogens is 1. The molecule has 4 heterocycles. The summed E-state index contributed by atoms with van der Waals surface area (Å²) < 4.78 is 0. The van der Waals surface area contributed by atoms with E-state index in [1.165, 1.54) is 58.2 Å². The van der Waals surface area contributed by atoms with Crippen molar-refractivity contribution in [2.45, 2.75) is 81.8 Å². The number of nitrogens with one attached hydrogen (secondary N) is 2. The second-order valence-corrected chi connectivity index (χ2v) is 12.2. The molecule has 190 valence electrons. The molecule has 2 saturated heterocycles. The fourth-order valence-corrected chi connectivity index (χ4v) is 8.63. The van der Waals surface area contributed by atoms with E-state index in [2.05, 4.69) is 35.4 Å². The highest BCUT2D eigenvalue weighted by Gasteiger charge is 2.44. The van der Waals surface area contributed by atoms with Gasteiger partial charge in [0.1, 0.15) is 11.6 Å². The Hall–Kier alpha value is -3.12. The van der Waals surface area contributed by atoms with E-state index < -0.39 is 0 Å². The average molecular weight is 495 g/mol. The first-order chi connectivity index (χ1) is 18.1. The SMILES string of the molecule is CC1CC2NC(C1)c1c(-c3ccc(O)c4c3C3CCC4C3)ccc(-c3cnc(C4CCCN4C=O)[nH]3)c12. The number of fused-ring (bicyclic) bond motifs is 10. The number of carbonyl (C=O) groups is 1. The molecule has 2 aliphatic carbocycles. The van der Waals surface area contributed by atoms with E-state index >= 15 is 0 Å². The van der Waals surface area contributed by atoms with Crippen molar-refractivity contribution in [2.75, 3.05) is 6.54 Å². The van der Waals surface area contributed by atoms with Gasteiger partial charge in [-0.1, -0.05) is 25.1 Å². The largest absolute Gasteiger partial charge is 0.508 e. The zero-order valence-electron chi connectivity index (χ0n) is 21.3. The van der Waals surface area contributed by atoms with Crippen molar-refractivity contribution in [1.82, 2.24) is 20.2 Å². The second-order valence-electron chi connectivity index (χ2n) is 12.2. The molecule has 0 spiro atoms. The lowest BCUT2D eigenvalue weighted by Crippen LogP contribution is -2.27. The molecule has 1 saturated carbocycles. The van der Waals surface area contributed by atoms with Gasteiger partial charge in [0.2, 0.25) is 6.41 Å². The third kappa shape index (κ3) is 3.08. The maximum Gasteiger partial charge on any atom is 0.210 e. The summed E-state index contributed by atoms with van der Waals surface area (Å²) in [6.07, 6.45) is 10.8. The van der Waals surface area contributed by atoms with Crippen molar-refractivity contribution in [3.8, 4) is 28.1 Å². The molecule has 3 aromatic rings. The first-order valence-corrected chi connectivity index (χ1v) is 14.2. The van der Waals surface area contributed by atoms with Gasteiger partial charge >= 0.3 is 0 Å². The van der Waals surface area contributed by atoms with Crippen LogP contribution in [0.1, 0.15) is 110 Å². The molecule has 2 aromatic carbocycles. The summed E-state index contributed by atoms with van der Waals surface area (Å²) in [5.41, 5.74) is 10.5. The van der Waals surface area contributed by atoms with Crippen LogP contribution in [0.4, 0.5) is 0 Å². The molecule has 1 amide bonds. The minimum Gasteiger partial charge on any atom is -0.508 e. The number of aromatic hydroxyl groups is 1. The molecule has 0 radical (unpaired) electrons. The van der Waals surface area contributed by atoms with Crippen molar-refractivity contribution in [1.29, 1.82) is 0 Å². The maximum atomic E-state index is 11.6. The quantitative estimate of drug-likeness (QED) is 0.376. The number of carbonyl (C=O) groups excluding carboxylic acids is 1. The van der Waals surface area contributed by atoms with Crippen LogP contribution in [0.5, 0.6) is 5.75 Å². The lowest BCUT2D eigenvalue weighted by atomic mass is 9.81. The number of nitrogens with zero attached hydrogens (tertiary/aromatic N) is 2. The molecule has 5 aliphatic rings. The summed E-state index contributed by atoms with van der Waals surface area (Å²) in [7, 11) is 0. The van der Waals surface area contributed by atoms with E-state index in [0.717, 1.165) is 50.2 Å². The minimum atomic E-state index is 0.0472. The van der Waals surface area contributed by atoms with Crippen molar-refractivity contribution in [2.24, 2.45) is 5.92 Å². The Balaban J connectivity index is 1.29. The van der Waals surface area contributed by atoms with Crippen LogP contribution in [-0.4, -0.2) is 32.9 Å². The molecular weight excluding hydrogens is 460 g/mol. The number of hydrogen-bond acceptors (Lipinski definition) is 4. The molecule has 6 heteroatoms. The Morgan fingerprint density at radius 3 is 2.43 bits per heavy atom. The first-order valence-electron chi connectivity index (χ1n) is 14.2. The number of phenolic OH excluding ortho intramolecular Hbond substituents is 1. The fourth-order valence-electron chi connectivity index (χ4n) is 8.63. The molecule has 3 aliphatic heterocycles. The van der Waals surface area contributed by atoms with Crippen molar-refractivity contribution in [3.63, 3.8) is 0 Å². The minimum absolute atomic E-state index is 0.0472. The number of phenols is 1. The molecular formula is C31H34N4O2. The molecule has 6 atom stereocenters. The number of benzene rings is 2. The lowest BCUT2D eigenvalue weighted by Gasteiger charge is -2.27. The number of piperidine rings is 1. The average Bonchev–Trinajstić information content (AvgIpc) is 3.72. The van der Waals surface area contributed by atoms with Crippen LogP contribution in [0, 0.1) is 5.92 Å². The standard InChI is InChI=1S/C31H34N4O2/c1-16-11-22-29-20(19-8-9-26(37)28-18-5-4-17(13-18)27(19)28)6-7-21(30(29)23(12-16)33-22)24-14-32-31(34-24)25-3-2-10-35(25)15-36/h6-9,14-18,22-23,25,33,37H,2-5,10-13H2,1H3,(H,32,34). The van der Waals surface area contributed by atoms with Crippen LogP contribution in [0.3, 0.4) is 0 Å². The summed E-state index contributed by atoms with van der Waals surface area (Å²) in [5, 5.41) is 14.7. The van der Waals surface area contributed by atoms with Gasteiger partial charge in [0.05, 0.1) is 17.9 Å². The summed E-state index contributed by atoms with van der Waals surface area (Å²) in [6, 6.07) is 9.47. The zero-order valence-corrected chi connectivity index (χ0v) is 21.3. The Bertz CT molecular complexity index is 1430. The van der Waals surface area contributed by atoms with Gasteiger partial charge in [-0.25, -0.2) is 4.98 Å². The van der Waals surface area contributed by atoms with E-state index in [4.69, 9.17) is 4.98 Å². The highest BCUT2D eigenvalue weighted by atomic mass is 16.3. The number of hydrogen-bond donors (Lipinski definition) is 3. The van der Waals surface area contributed by atoms with Crippen molar-refractivity contribution in [3.05, 3.63) is 58.5 Å². The topological polar surface area (TPSA) is 81.2 Å². The first kappa shape index (κ1) is 21.9. The Labute approximate surface area is 217 Å². The number of likely N-dealkylation sites (tertiary alicyclic amines) is 1. The summed E-state index contributed by atoms with van der Waals surface area (Å²) in [6.45, 7) is 3.18. The van der Waals surface area contributed by atoms with E-state index in [0.29, 0.717) is 35.6 Å². The highest BCUT2D eigenvalue weighted by molar-refractivity contribution is 5.82. The van der Waals surface area contributed by atoms with Crippen LogP contribution in [-0.2, 0) is 4.79 Å². The van der Waals surface area contributed by atoms with Crippen molar-refractivity contribution >= 4 is 6.41 Å². The Morgan fingerprint density at radius 1 is 0.919 bits per heavy atom. The lowest BCUT2D eigenvalue weighted by molar-refractivity contribution is -0.119. The summed E-state index contributed by atoms with van der Waals surface area (Å²) in [4.78, 5) is 21.8.